The monoisotopic (exact) mass is 241 g/mol. The zero-order valence-electron chi connectivity index (χ0n) is 10.3. The van der Waals surface area contributed by atoms with Crippen LogP contribution in [0.2, 0.25) is 0 Å². The minimum absolute atomic E-state index is 0.0119. The second kappa shape index (κ2) is 7.01. The predicted octanol–water partition coefficient (Wildman–Crippen LogP) is 0.588. The SMILES string of the molecule is Cc1noc(CCCC(=O)NC(C)CCO)n1. The van der Waals surface area contributed by atoms with E-state index in [1.54, 1.807) is 6.92 Å². The van der Waals surface area contributed by atoms with E-state index in [1.807, 2.05) is 6.92 Å². The summed E-state index contributed by atoms with van der Waals surface area (Å²) >= 11 is 0. The summed E-state index contributed by atoms with van der Waals surface area (Å²) in [5.41, 5.74) is 0. The Bertz CT molecular complexity index is 351. The molecular weight excluding hydrogens is 222 g/mol. The van der Waals surface area contributed by atoms with E-state index in [9.17, 15) is 4.79 Å². The zero-order valence-corrected chi connectivity index (χ0v) is 10.3. The first-order valence-corrected chi connectivity index (χ1v) is 5.81. The number of rotatable bonds is 7. The van der Waals surface area contributed by atoms with Crippen molar-refractivity contribution in [1.29, 1.82) is 0 Å². The maximum absolute atomic E-state index is 11.5. The van der Waals surface area contributed by atoms with Gasteiger partial charge in [0.15, 0.2) is 5.82 Å². The minimum Gasteiger partial charge on any atom is -0.396 e. The highest BCUT2D eigenvalue weighted by Crippen LogP contribution is 2.02. The van der Waals surface area contributed by atoms with Gasteiger partial charge in [0.25, 0.3) is 0 Å². The number of amides is 1. The Balaban J connectivity index is 2.16. The topological polar surface area (TPSA) is 88.2 Å². The van der Waals surface area contributed by atoms with Crippen molar-refractivity contribution in [2.45, 2.75) is 45.6 Å². The summed E-state index contributed by atoms with van der Waals surface area (Å²) in [5.74, 6) is 1.17. The summed E-state index contributed by atoms with van der Waals surface area (Å²) in [6, 6.07) is 0.0122. The van der Waals surface area contributed by atoms with Crippen LogP contribution >= 0.6 is 0 Å². The smallest absolute Gasteiger partial charge is 0.226 e. The van der Waals surface area contributed by atoms with Gasteiger partial charge in [0, 0.05) is 25.5 Å². The van der Waals surface area contributed by atoms with Gasteiger partial charge < -0.3 is 14.9 Å². The molecule has 1 rings (SSSR count). The first kappa shape index (κ1) is 13.6. The zero-order chi connectivity index (χ0) is 12.7. The number of aryl methyl sites for hydroxylation is 2. The Morgan fingerprint density at radius 2 is 2.35 bits per heavy atom. The number of hydrogen-bond donors (Lipinski definition) is 2. The average molecular weight is 241 g/mol. The number of aliphatic hydroxyl groups is 1. The van der Waals surface area contributed by atoms with E-state index in [2.05, 4.69) is 15.5 Å². The van der Waals surface area contributed by atoms with Gasteiger partial charge in [-0.05, 0) is 26.7 Å². The molecule has 0 saturated heterocycles. The molecule has 1 unspecified atom stereocenters. The molecule has 1 atom stereocenters. The van der Waals surface area contributed by atoms with Crippen LogP contribution in [0.1, 0.15) is 37.9 Å². The second-order valence-electron chi connectivity index (χ2n) is 4.07. The highest BCUT2D eigenvalue weighted by atomic mass is 16.5. The molecule has 17 heavy (non-hydrogen) atoms. The maximum Gasteiger partial charge on any atom is 0.226 e. The van der Waals surface area contributed by atoms with Crippen molar-refractivity contribution in [2.24, 2.45) is 0 Å². The van der Waals surface area contributed by atoms with E-state index in [0.29, 0.717) is 37.4 Å². The molecule has 0 radical (unpaired) electrons. The van der Waals surface area contributed by atoms with Crippen LogP contribution in [0.15, 0.2) is 4.52 Å². The molecule has 96 valence electrons. The highest BCUT2D eigenvalue weighted by molar-refractivity contribution is 5.76. The summed E-state index contributed by atoms with van der Waals surface area (Å²) < 4.78 is 4.94. The molecule has 0 aliphatic rings. The van der Waals surface area contributed by atoms with Gasteiger partial charge in [-0.3, -0.25) is 4.79 Å². The third-order valence-corrected chi connectivity index (χ3v) is 2.33. The van der Waals surface area contributed by atoms with Crippen molar-refractivity contribution >= 4 is 5.91 Å². The lowest BCUT2D eigenvalue weighted by molar-refractivity contribution is -0.121. The maximum atomic E-state index is 11.5. The van der Waals surface area contributed by atoms with Crippen molar-refractivity contribution < 1.29 is 14.4 Å². The molecule has 2 N–H and O–H groups in total. The lowest BCUT2D eigenvalue weighted by Crippen LogP contribution is -2.33. The van der Waals surface area contributed by atoms with Crippen molar-refractivity contribution in [3.63, 3.8) is 0 Å². The summed E-state index contributed by atoms with van der Waals surface area (Å²) in [5, 5.41) is 15.2. The van der Waals surface area contributed by atoms with Gasteiger partial charge in [-0.25, -0.2) is 0 Å². The van der Waals surface area contributed by atoms with Crippen LogP contribution in [0.5, 0.6) is 0 Å². The molecule has 6 heteroatoms. The lowest BCUT2D eigenvalue weighted by Gasteiger charge is -2.11. The van der Waals surface area contributed by atoms with E-state index in [-0.39, 0.29) is 18.6 Å². The van der Waals surface area contributed by atoms with Crippen LogP contribution in [-0.2, 0) is 11.2 Å². The number of aromatic nitrogens is 2. The molecule has 0 aliphatic carbocycles. The van der Waals surface area contributed by atoms with Gasteiger partial charge in [-0.15, -0.1) is 0 Å². The van der Waals surface area contributed by atoms with Gasteiger partial charge in [0.1, 0.15) is 0 Å². The first-order chi connectivity index (χ1) is 8.11. The van der Waals surface area contributed by atoms with Gasteiger partial charge in [-0.2, -0.15) is 4.98 Å². The Kier molecular flexibility index (Phi) is 5.62. The third-order valence-electron chi connectivity index (χ3n) is 2.33. The van der Waals surface area contributed by atoms with Crippen LogP contribution in [0, 0.1) is 6.92 Å². The van der Waals surface area contributed by atoms with Crippen LogP contribution in [-0.4, -0.2) is 33.8 Å². The van der Waals surface area contributed by atoms with Crippen LogP contribution in [0.4, 0.5) is 0 Å². The van der Waals surface area contributed by atoms with E-state index in [0.717, 1.165) is 0 Å². The molecular formula is C11H19N3O3. The third kappa shape index (κ3) is 5.44. The van der Waals surface area contributed by atoms with E-state index in [1.165, 1.54) is 0 Å². The number of hydrogen-bond acceptors (Lipinski definition) is 5. The molecule has 1 amide bonds. The molecule has 1 aromatic heterocycles. The molecule has 1 heterocycles. The van der Waals surface area contributed by atoms with Gasteiger partial charge >= 0.3 is 0 Å². The fourth-order valence-corrected chi connectivity index (χ4v) is 1.45. The largest absolute Gasteiger partial charge is 0.396 e. The number of nitrogens with zero attached hydrogens (tertiary/aromatic N) is 2. The number of carbonyl (C=O) groups excluding carboxylic acids is 1. The molecule has 0 fully saturated rings. The number of nitrogens with one attached hydrogen (secondary N) is 1. The molecule has 0 bridgehead atoms. The summed E-state index contributed by atoms with van der Waals surface area (Å²) in [4.78, 5) is 15.5. The predicted molar refractivity (Wildman–Crippen MR) is 61.3 cm³/mol. The Labute approximate surface area is 100 Å². The minimum atomic E-state index is -0.0119. The Hall–Kier alpha value is -1.43. The van der Waals surface area contributed by atoms with Crippen molar-refractivity contribution in [2.75, 3.05) is 6.61 Å². The van der Waals surface area contributed by atoms with Gasteiger partial charge in [0.05, 0.1) is 0 Å². The molecule has 0 aromatic carbocycles. The summed E-state index contributed by atoms with van der Waals surface area (Å²) in [7, 11) is 0. The molecule has 6 nitrogen and oxygen atoms in total. The highest BCUT2D eigenvalue weighted by Gasteiger charge is 2.08. The van der Waals surface area contributed by atoms with Crippen molar-refractivity contribution in [3.05, 3.63) is 11.7 Å². The molecule has 1 aromatic rings. The van der Waals surface area contributed by atoms with Gasteiger partial charge in [-0.1, -0.05) is 5.16 Å². The van der Waals surface area contributed by atoms with E-state index < -0.39 is 0 Å². The van der Waals surface area contributed by atoms with Crippen LogP contribution < -0.4 is 5.32 Å². The molecule has 0 spiro atoms. The lowest BCUT2D eigenvalue weighted by atomic mass is 10.2. The van der Waals surface area contributed by atoms with E-state index >= 15 is 0 Å². The fraction of sp³-hybridized carbons (Fsp3) is 0.727. The fourth-order valence-electron chi connectivity index (χ4n) is 1.45. The normalized spacial score (nSPS) is 12.4. The van der Waals surface area contributed by atoms with E-state index in [4.69, 9.17) is 9.63 Å². The summed E-state index contributed by atoms with van der Waals surface area (Å²) in [6.45, 7) is 3.72. The quantitative estimate of drug-likeness (QED) is 0.729. The van der Waals surface area contributed by atoms with Crippen LogP contribution in [0.3, 0.4) is 0 Å². The van der Waals surface area contributed by atoms with Gasteiger partial charge in [0.2, 0.25) is 11.8 Å². The molecule has 0 saturated carbocycles. The Morgan fingerprint density at radius 1 is 1.59 bits per heavy atom. The number of carbonyl (C=O) groups is 1. The standard InChI is InChI=1S/C11H19N3O3/c1-8(6-7-15)12-10(16)4-3-5-11-13-9(2)14-17-11/h8,15H,3-7H2,1-2H3,(H,12,16). The van der Waals surface area contributed by atoms with Crippen molar-refractivity contribution in [1.82, 2.24) is 15.5 Å². The second-order valence-corrected chi connectivity index (χ2v) is 4.07. The molecule has 0 aliphatic heterocycles. The number of aliphatic hydroxyl groups excluding tert-OH is 1. The summed E-state index contributed by atoms with van der Waals surface area (Å²) in [6.07, 6.45) is 2.30. The van der Waals surface area contributed by atoms with Crippen molar-refractivity contribution in [3.8, 4) is 0 Å². The average Bonchev–Trinajstić information content (AvgIpc) is 2.64. The van der Waals surface area contributed by atoms with Crippen LogP contribution in [0.25, 0.3) is 0 Å². The Morgan fingerprint density at radius 3 is 2.94 bits per heavy atom. The first-order valence-electron chi connectivity index (χ1n) is 5.81.